The maximum absolute atomic E-state index is 12.9. The first-order chi connectivity index (χ1) is 16.4. The fraction of sp³-hybridized carbons (Fsp3) is 0.480. The molecule has 2 saturated heterocycles. The van der Waals surface area contributed by atoms with Crippen molar-refractivity contribution in [3.63, 3.8) is 0 Å². The van der Waals surface area contributed by atoms with E-state index in [1.165, 1.54) is 0 Å². The number of para-hydroxylation sites is 2. The molecule has 2 aromatic carbocycles. The predicted molar refractivity (Wildman–Crippen MR) is 134 cm³/mol. The van der Waals surface area contributed by atoms with Gasteiger partial charge in [-0.3, -0.25) is 9.69 Å². The van der Waals surface area contributed by atoms with Crippen LogP contribution in [0.2, 0.25) is 0 Å². The van der Waals surface area contributed by atoms with Crippen molar-refractivity contribution in [3.8, 4) is 5.75 Å². The van der Waals surface area contributed by atoms with E-state index in [1.54, 1.807) is 35.7 Å². The second-order valence-corrected chi connectivity index (χ2v) is 10.8. The van der Waals surface area contributed by atoms with Crippen LogP contribution in [-0.4, -0.2) is 76.0 Å². The third-order valence-electron chi connectivity index (χ3n) is 6.74. The Bertz CT molecular complexity index is 1080. The fourth-order valence-electron chi connectivity index (χ4n) is 4.62. The van der Waals surface area contributed by atoms with Gasteiger partial charge in [0.1, 0.15) is 5.75 Å². The molecular weight excluding hydrogens is 452 g/mol. The Morgan fingerprint density at radius 3 is 2.21 bits per heavy atom. The number of ether oxygens (including phenoxy) is 1. The number of rotatable bonds is 7. The van der Waals surface area contributed by atoms with Gasteiger partial charge in [0.25, 0.3) is 0 Å². The summed E-state index contributed by atoms with van der Waals surface area (Å²) < 4.78 is 32.7. The Balaban J connectivity index is 1.32. The molecule has 9 heteroatoms. The van der Waals surface area contributed by atoms with E-state index in [0.29, 0.717) is 18.8 Å². The van der Waals surface area contributed by atoms with Crippen molar-refractivity contribution in [1.29, 1.82) is 0 Å². The number of carbonyl (C=O) groups is 1. The van der Waals surface area contributed by atoms with Crippen molar-refractivity contribution in [2.45, 2.75) is 37.1 Å². The molecular formula is C25H34N4O4S. The number of amides is 1. The Hall–Kier alpha value is -2.62. The van der Waals surface area contributed by atoms with Gasteiger partial charge in [0.2, 0.25) is 15.9 Å². The van der Waals surface area contributed by atoms with Gasteiger partial charge in [-0.15, -0.1) is 0 Å². The van der Waals surface area contributed by atoms with Gasteiger partial charge in [-0.2, -0.15) is 4.31 Å². The van der Waals surface area contributed by atoms with Crippen LogP contribution in [0.5, 0.6) is 5.75 Å². The molecule has 1 atom stereocenters. The van der Waals surface area contributed by atoms with Gasteiger partial charge in [-0.25, -0.2) is 8.42 Å². The molecule has 2 aliphatic rings. The molecule has 0 saturated carbocycles. The highest BCUT2D eigenvalue weighted by Crippen LogP contribution is 2.28. The Morgan fingerprint density at radius 2 is 1.56 bits per heavy atom. The van der Waals surface area contributed by atoms with Crippen molar-refractivity contribution < 1.29 is 17.9 Å². The van der Waals surface area contributed by atoms with E-state index in [9.17, 15) is 13.2 Å². The number of hydrogen-bond donors (Lipinski definition) is 1. The van der Waals surface area contributed by atoms with Crippen molar-refractivity contribution >= 4 is 27.3 Å². The van der Waals surface area contributed by atoms with Crippen LogP contribution in [0.3, 0.4) is 0 Å². The molecule has 0 unspecified atom stereocenters. The van der Waals surface area contributed by atoms with E-state index in [1.807, 2.05) is 25.1 Å². The van der Waals surface area contributed by atoms with Crippen LogP contribution in [0.15, 0.2) is 53.4 Å². The standard InChI is InChI=1S/C25H34N4O4S/c1-20(27-16-18-28(19-17-27)23-8-4-5-9-24(23)33-2)25(30)26-21-10-12-22(13-11-21)34(31,32)29-14-6-3-7-15-29/h4-5,8-13,20H,3,6-7,14-19H2,1-2H3,(H,26,30)/t20-/m0/s1. The van der Waals surface area contributed by atoms with Crippen molar-refractivity contribution in [2.75, 3.05) is 56.6 Å². The number of nitrogens with one attached hydrogen (secondary N) is 1. The molecule has 2 heterocycles. The lowest BCUT2D eigenvalue weighted by Gasteiger charge is -2.38. The maximum Gasteiger partial charge on any atom is 0.243 e. The summed E-state index contributed by atoms with van der Waals surface area (Å²) in [6, 6.07) is 14.2. The lowest BCUT2D eigenvalue weighted by Crippen LogP contribution is -2.52. The molecule has 0 spiro atoms. The summed E-state index contributed by atoms with van der Waals surface area (Å²) in [6.07, 6.45) is 2.88. The number of methoxy groups -OCH3 is 1. The van der Waals surface area contributed by atoms with Crippen LogP contribution in [-0.2, 0) is 14.8 Å². The van der Waals surface area contributed by atoms with Gasteiger partial charge < -0.3 is 15.0 Å². The highest BCUT2D eigenvalue weighted by atomic mass is 32.2. The summed E-state index contributed by atoms with van der Waals surface area (Å²) in [5.74, 6) is 0.755. The Kier molecular flexibility index (Phi) is 7.75. The topological polar surface area (TPSA) is 82.2 Å². The van der Waals surface area contributed by atoms with Gasteiger partial charge in [-0.1, -0.05) is 18.6 Å². The number of piperidine rings is 1. The van der Waals surface area contributed by atoms with Gasteiger partial charge in [-0.05, 0) is 56.2 Å². The molecule has 184 valence electrons. The summed E-state index contributed by atoms with van der Waals surface area (Å²) in [7, 11) is -1.80. The molecule has 2 fully saturated rings. The average Bonchev–Trinajstić information content (AvgIpc) is 2.89. The summed E-state index contributed by atoms with van der Waals surface area (Å²) in [6.45, 7) is 6.19. The lowest BCUT2D eigenvalue weighted by atomic mass is 10.2. The molecule has 1 N–H and O–H groups in total. The van der Waals surface area contributed by atoms with Crippen LogP contribution in [0.4, 0.5) is 11.4 Å². The first kappa shape index (κ1) is 24.5. The van der Waals surface area contributed by atoms with E-state index in [2.05, 4.69) is 21.2 Å². The normalized spacial score (nSPS) is 18.9. The molecule has 1 amide bonds. The van der Waals surface area contributed by atoms with Crippen LogP contribution in [0, 0.1) is 0 Å². The van der Waals surface area contributed by atoms with E-state index in [0.717, 1.165) is 56.9 Å². The zero-order valence-corrected chi connectivity index (χ0v) is 20.8. The van der Waals surface area contributed by atoms with E-state index in [4.69, 9.17) is 4.74 Å². The van der Waals surface area contributed by atoms with E-state index < -0.39 is 10.0 Å². The smallest absolute Gasteiger partial charge is 0.243 e. The molecule has 4 rings (SSSR count). The minimum absolute atomic E-state index is 0.0996. The molecule has 2 aliphatic heterocycles. The van der Waals surface area contributed by atoms with Crippen LogP contribution < -0.4 is 15.0 Å². The molecule has 0 radical (unpaired) electrons. The third kappa shape index (κ3) is 5.37. The van der Waals surface area contributed by atoms with Crippen molar-refractivity contribution in [1.82, 2.24) is 9.21 Å². The van der Waals surface area contributed by atoms with Crippen LogP contribution >= 0.6 is 0 Å². The monoisotopic (exact) mass is 486 g/mol. The molecule has 2 aromatic rings. The zero-order chi connectivity index (χ0) is 24.1. The second-order valence-electron chi connectivity index (χ2n) is 8.85. The second kappa shape index (κ2) is 10.8. The SMILES string of the molecule is COc1ccccc1N1CCN([C@@H](C)C(=O)Nc2ccc(S(=O)(=O)N3CCCCC3)cc2)CC1. The van der Waals surface area contributed by atoms with Gasteiger partial charge in [0.15, 0.2) is 0 Å². The summed E-state index contributed by atoms with van der Waals surface area (Å²) >= 11 is 0. The Morgan fingerprint density at radius 1 is 0.912 bits per heavy atom. The first-order valence-electron chi connectivity index (χ1n) is 11.9. The molecule has 34 heavy (non-hydrogen) atoms. The number of nitrogens with zero attached hydrogens (tertiary/aromatic N) is 3. The Labute approximate surface area is 202 Å². The van der Waals surface area contributed by atoms with Crippen molar-refractivity contribution in [3.05, 3.63) is 48.5 Å². The largest absolute Gasteiger partial charge is 0.495 e. The summed E-state index contributed by atoms with van der Waals surface area (Å²) in [5.41, 5.74) is 1.67. The van der Waals surface area contributed by atoms with Gasteiger partial charge in [0.05, 0.1) is 23.7 Å². The number of sulfonamides is 1. The number of carbonyl (C=O) groups excluding carboxylic acids is 1. The highest BCUT2D eigenvalue weighted by Gasteiger charge is 2.28. The molecule has 0 aromatic heterocycles. The minimum Gasteiger partial charge on any atom is -0.495 e. The van der Waals surface area contributed by atoms with Crippen molar-refractivity contribution in [2.24, 2.45) is 0 Å². The van der Waals surface area contributed by atoms with E-state index >= 15 is 0 Å². The minimum atomic E-state index is -3.48. The third-order valence-corrected chi connectivity index (χ3v) is 8.65. The van der Waals surface area contributed by atoms with Gasteiger partial charge in [0, 0.05) is 45.0 Å². The summed E-state index contributed by atoms with van der Waals surface area (Å²) in [4.78, 5) is 17.6. The maximum atomic E-state index is 12.9. The van der Waals surface area contributed by atoms with Gasteiger partial charge >= 0.3 is 0 Å². The first-order valence-corrected chi connectivity index (χ1v) is 13.4. The van der Waals surface area contributed by atoms with E-state index in [-0.39, 0.29) is 16.8 Å². The molecule has 0 bridgehead atoms. The number of benzene rings is 2. The lowest BCUT2D eigenvalue weighted by molar-refractivity contribution is -0.120. The average molecular weight is 487 g/mol. The molecule has 8 nitrogen and oxygen atoms in total. The summed E-state index contributed by atoms with van der Waals surface area (Å²) in [5, 5.41) is 2.94. The fourth-order valence-corrected chi connectivity index (χ4v) is 6.14. The number of anilines is 2. The van der Waals surface area contributed by atoms with Crippen LogP contribution in [0.1, 0.15) is 26.2 Å². The zero-order valence-electron chi connectivity index (χ0n) is 19.9. The highest BCUT2D eigenvalue weighted by molar-refractivity contribution is 7.89. The predicted octanol–water partition coefficient (Wildman–Crippen LogP) is 3.02. The number of piperazine rings is 1. The molecule has 0 aliphatic carbocycles. The quantitative estimate of drug-likeness (QED) is 0.648. The number of hydrogen-bond acceptors (Lipinski definition) is 6. The van der Waals surface area contributed by atoms with Crippen LogP contribution in [0.25, 0.3) is 0 Å².